The van der Waals surface area contributed by atoms with Crippen LogP contribution in [0.2, 0.25) is 0 Å². The number of hydrogen-bond acceptors (Lipinski definition) is 3. The van der Waals surface area contributed by atoms with Crippen molar-refractivity contribution in [2.45, 2.75) is 25.3 Å². The summed E-state index contributed by atoms with van der Waals surface area (Å²) in [5.41, 5.74) is 5.59. The maximum Gasteiger partial charge on any atom is 0.239 e. The largest absolute Gasteiger partial charge is 0.367 e. The van der Waals surface area contributed by atoms with Gasteiger partial charge in [-0.05, 0) is 19.8 Å². The molecule has 1 fully saturated rings. The Morgan fingerprint density at radius 3 is 2.80 bits per heavy atom. The van der Waals surface area contributed by atoms with E-state index in [0.717, 1.165) is 0 Å². The molecule has 0 amide bonds. The van der Waals surface area contributed by atoms with Crippen molar-refractivity contribution in [2.75, 3.05) is 5.73 Å². The van der Waals surface area contributed by atoms with E-state index in [4.69, 9.17) is 5.73 Å². The van der Waals surface area contributed by atoms with Crippen molar-refractivity contribution in [3.8, 4) is 0 Å². The van der Waals surface area contributed by atoms with E-state index in [-0.39, 0.29) is 5.54 Å². The van der Waals surface area contributed by atoms with Gasteiger partial charge in [0.15, 0.2) is 0 Å². The van der Waals surface area contributed by atoms with E-state index in [9.17, 15) is 0 Å². The summed E-state index contributed by atoms with van der Waals surface area (Å²) in [6.07, 6.45) is 4.08. The van der Waals surface area contributed by atoms with Crippen LogP contribution in [0.1, 0.15) is 19.8 Å². The highest BCUT2D eigenvalue weighted by Crippen LogP contribution is 2.41. The summed E-state index contributed by atoms with van der Waals surface area (Å²) >= 11 is 0. The second kappa shape index (κ2) is 1.51. The van der Waals surface area contributed by atoms with Crippen molar-refractivity contribution in [2.24, 2.45) is 0 Å². The summed E-state index contributed by atoms with van der Waals surface area (Å²) in [5.74, 6) is 0.369. The molecular formula is C6H10N4. The minimum absolute atomic E-state index is 0.227. The third kappa shape index (κ3) is 0.683. The van der Waals surface area contributed by atoms with Crippen LogP contribution in [0, 0.1) is 0 Å². The summed E-state index contributed by atoms with van der Waals surface area (Å²) in [4.78, 5) is 3.85. The Bertz CT molecular complexity index is 248. The lowest BCUT2D eigenvalue weighted by Gasteiger charge is -2.05. The molecule has 10 heavy (non-hydrogen) atoms. The van der Waals surface area contributed by atoms with Crippen molar-refractivity contribution in [1.82, 2.24) is 14.8 Å². The zero-order valence-electron chi connectivity index (χ0n) is 5.91. The molecule has 1 saturated carbocycles. The predicted octanol–water partition coefficient (Wildman–Crippen LogP) is 0.369. The van der Waals surface area contributed by atoms with Gasteiger partial charge < -0.3 is 5.73 Å². The van der Waals surface area contributed by atoms with Gasteiger partial charge in [0.1, 0.15) is 6.33 Å². The van der Waals surface area contributed by atoms with Gasteiger partial charge in [-0.2, -0.15) is 0 Å². The Kier molecular flexibility index (Phi) is 0.859. The predicted molar refractivity (Wildman–Crippen MR) is 37.3 cm³/mol. The van der Waals surface area contributed by atoms with Crippen molar-refractivity contribution in [3.05, 3.63) is 6.33 Å². The third-order valence-corrected chi connectivity index (χ3v) is 2.04. The van der Waals surface area contributed by atoms with E-state index in [1.807, 2.05) is 4.68 Å². The molecule has 1 aliphatic carbocycles. The van der Waals surface area contributed by atoms with E-state index in [2.05, 4.69) is 17.0 Å². The van der Waals surface area contributed by atoms with Crippen LogP contribution < -0.4 is 5.73 Å². The SMILES string of the molecule is CC1(n2cnc(N)n2)CC1. The van der Waals surface area contributed by atoms with E-state index in [0.29, 0.717) is 5.95 Å². The highest BCUT2D eigenvalue weighted by atomic mass is 15.4. The molecule has 0 aliphatic heterocycles. The topological polar surface area (TPSA) is 56.7 Å². The number of nitrogens with zero attached hydrogens (tertiary/aromatic N) is 3. The zero-order valence-corrected chi connectivity index (χ0v) is 5.91. The summed E-state index contributed by atoms with van der Waals surface area (Å²) in [7, 11) is 0. The van der Waals surface area contributed by atoms with Crippen LogP contribution in [0.5, 0.6) is 0 Å². The van der Waals surface area contributed by atoms with Crippen LogP contribution >= 0.6 is 0 Å². The van der Waals surface area contributed by atoms with E-state index in [1.165, 1.54) is 12.8 Å². The van der Waals surface area contributed by atoms with Crippen LogP contribution in [-0.2, 0) is 5.54 Å². The zero-order chi connectivity index (χ0) is 7.19. The molecule has 4 nitrogen and oxygen atoms in total. The fraction of sp³-hybridized carbons (Fsp3) is 0.667. The van der Waals surface area contributed by atoms with Crippen LogP contribution in [0.4, 0.5) is 5.95 Å². The monoisotopic (exact) mass is 138 g/mol. The minimum atomic E-state index is 0.227. The molecule has 0 bridgehead atoms. The molecule has 2 rings (SSSR count). The average Bonchev–Trinajstić information content (AvgIpc) is 2.45. The molecule has 0 unspecified atom stereocenters. The third-order valence-electron chi connectivity index (χ3n) is 2.04. The highest BCUT2D eigenvalue weighted by molar-refractivity contribution is 5.11. The lowest BCUT2D eigenvalue weighted by molar-refractivity contribution is 0.472. The molecule has 4 heteroatoms. The second-order valence-corrected chi connectivity index (χ2v) is 3.04. The van der Waals surface area contributed by atoms with Crippen molar-refractivity contribution >= 4 is 5.95 Å². The summed E-state index contributed by atoms with van der Waals surface area (Å²) in [6, 6.07) is 0. The quantitative estimate of drug-likeness (QED) is 0.610. The van der Waals surface area contributed by atoms with Crippen LogP contribution in [0.3, 0.4) is 0 Å². The van der Waals surface area contributed by atoms with E-state index < -0.39 is 0 Å². The average molecular weight is 138 g/mol. The maximum absolute atomic E-state index is 5.36. The molecule has 0 spiro atoms. The number of rotatable bonds is 1. The first-order chi connectivity index (χ1) is 4.71. The molecule has 0 saturated heterocycles. The lowest BCUT2D eigenvalue weighted by atomic mass is 10.3. The van der Waals surface area contributed by atoms with E-state index >= 15 is 0 Å². The van der Waals surface area contributed by atoms with Gasteiger partial charge in [0.25, 0.3) is 0 Å². The number of nitrogens with two attached hydrogens (primary N) is 1. The Hall–Kier alpha value is -1.06. The fourth-order valence-electron chi connectivity index (χ4n) is 0.946. The summed E-state index contributed by atoms with van der Waals surface area (Å²) in [6.45, 7) is 2.15. The molecule has 54 valence electrons. The Balaban J connectivity index is 2.34. The molecular weight excluding hydrogens is 128 g/mol. The number of nitrogen functional groups attached to an aromatic ring is 1. The molecule has 1 aromatic heterocycles. The normalized spacial score (nSPS) is 20.9. The second-order valence-electron chi connectivity index (χ2n) is 3.04. The number of aromatic nitrogens is 3. The summed E-state index contributed by atoms with van der Waals surface area (Å²) < 4.78 is 1.85. The van der Waals surface area contributed by atoms with Gasteiger partial charge in [-0.15, -0.1) is 5.10 Å². The first kappa shape index (κ1) is 5.70. The van der Waals surface area contributed by atoms with Crippen LogP contribution in [0.25, 0.3) is 0 Å². The Morgan fingerprint density at radius 2 is 2.40 bits per heavy atom. The van der Waals surface area contributed by atoms with Gasteiger partial charge in [0.05, 0.1) is 5.54 Å². The molecule has 0 atom stereocenters. The van der Waals surface area contributed by atoms with Crippen molar-refractivity contribution < 1.29 is 0 Å². The summed E-state index contributed by atoms with van der Waals surface area (Å²) in [5, 5.41) is 4.03. The number of hydrogen-bond donors (Lipinski definition) is 1. The van der Waals surface area contributed by atoms with E-state index in [1.54, 1.807) is 6.33 Å². The first-order valence-corrected chi connectivity index (χ1v) is 3.38. The van der Waals surface area contributed by atoms with Crippen LogP contribution in [0.15, 0.2) is 6.33 Å². The first-order valence-electron chi connectivity index (χ1n) is 3.38. The molecule has 0 radical (unpaired) electrons. The molecule has 1 aliphatic rings. The molecule has 1 aromatic rings. The van der Waals surface area contributed by atoms with Crippen molar-refractivity contribution in [3.63, 3.8) is 0 Å². The van der Waals surface area contributed by atoms with Gasteiger partial charge in [-0.25, -0.2) is 9.67 Å². The fourth-order valence-corrected chi connectivity index (χ4v) is 0.946. The van der Waals surface area contributed by atoms with Gasteiger partial charge in [0.2, 0.25) is 5.95 Å². The molecule has 0 aromatic carbocycles. The minimum Gasteiger partial charge on any atom is -0.367 e. The number of anilines is 1. The van der Waals surface area contributed by atoms with Gasteiger partial charge in [-0.1, -0.05) is 0 Å². The molecule has 2 N–H and O–H groups in total. The van der Waals surface area contributed by atoms with Crippen molar-refractivity contribution in [1.29, 1.82) is 0 Å². The smallest absolute Gasteiger partial charge is 0.239 e. The van der Waals surface area contributed by atoms with Crippen LogP contribution in [-0.4, -0.2) is 14.8 Å². The van der Waals surface area contributed by atoms with Gasteiger partial charge >= 0.3 is 0 Å². The standard InChI is InChI=1S/C6H10N4/c1-6(2-3-6)10-4-8-5(7)9-10/h4H,2-3H2,1H3,(H2,7,9). The van der Waals surface area contributed by atoms with Gasteiger partial charge in [0, 0.05) is 0 Å². The molecule has 1 heterocycles. The van der Waals surface area contributed by atoms with Gasteiger partial charge in [-0.3, -0.25) is 0 Å². The highest BCUT2D eigenvalue weighted by Gasteiger charge is 2.40. The lowest BCUT2D eigenvalue weighted by Crippen LogP contribution is -2.12. The Morgan fingerprint density at radius 1 is 1.70 bits per heavy atom. The Labute approximate surface area is 59.1 Å². The maximum atomic E-state index is 5.36.